The molecular weight excluding hydrogens is 374 g/mol. The Labute approximate surface area is 175 Å². The second kappa shape index (κ2) is 8.03. The zero-order valence-corrected chi connectivity index (χ0v) is 17.4. The van der Waals surface area contributed by atoms with Gasteiger partial charge in [-0.2, -0.15) is 0 Å². The van der Waals surface area contributed by atoms with Gasteiger partial charge < -0.3 is 15.0 Å². The molecule has 4 aromatic rings. The third-order valence-corrected chi connectivity index (χ3v) is 4.64. The number of aromatic nitrogens is 2. The molecule has 0 saturated carbocycles. The SMILES string of the molecule is CC(C)(C)OC(=O)NCc1cc2ccc3cnc(/C=C/c4ccccc4)cc3c2[nH]1. The molecule has 5 heteroatoms. The van der Waals surface area contributed by atoms with Gasteiger partial charge in [-0.1, -0.05) is 48.5 Å². The Hall–Kier alpha value is -3.60. The predicted molar refractivity (Wildman–Crippen MR) is 122 cm³/mol. The van der Waals surface area contributed by atoms with E-state index in [0.717, 1.165) is 38.6 Å². The molecule has 0 saturated heterocycles. The van der Waals surface area contributed by atoms with Gasteiger partial charge in [0.25, 0.3) is 0 Å². The number of amides is 1. The predicted octanol–water partition coefficient (Wildman–Crippen LogP) is 5.91. The van der Waals surface area contributed by atoms with Gasteiger partial charge in [0.05, 0.1) is 17.8 Å². The highest BCUT2D eigenvalue weighted by Crippen LogP contribution is 2.26. The number of carbonyl (C=O) groups excluding carboxylic acids is 1. The van der Waals surface area contributed by atoms with Gasteiger partial charge in [-0.3, -0.25) is 4.98 Å². The lowest BCUT2D eigenvalue weighted by molar-refractivity contribution is 0.0523. The average Bonchev–Trinajstić information content (AvgIpc) is 3.14. The van der Waals surface area contributed by atoms with Crippen molar-refractivity contribution in [2.24, 2.45) is 0 Å². The summed E-state index contributed by atoms with van der Waals surface area (Å²) in [4.78, 5) is 19.9. The Balaban J connectivity index is 1.59. The van der Waals surface area contributed by atoms with Crippen molar-refractivity contribution in [3.05, 3.63) is 77.7 Å². The smallest absolute Gasteiger partial charge is 0.407 e. The lowest BCUT2D eigenvalue weighted by Crippen LogP contribution is -2.32. The first-order chi connectivity index (χ1) is 14.4. The molecule has 2 N–H and O–H groups in total. The van der Waals surface area contributed by atoms with Crippen molar-refractivity contribution in [2.75, 3.05) is 0 Å². The summed E-state index contributed by atoms with van der Waals surface area (Å²) in [5.41, 5.74) is 3.46. The number of hydrogen-bond donors (Lipinski definition) is 2. The average molecular weight is 399 g/mol. The van der Waals surface area contributed by atoms with Gasteiger partial charge in [0.1, 0.15) is 5.60 Å². The molecule has 2 aromatic heterocycles. The summed E-state index contributed by atoms with van der Waals surface area (Å²) in [5, 5.41) is 6.05. The number of pyridine rings is 1. The van der Waals surface area contributed by atoms with Crippen LogP contribution in [0.2, 0.25) is 0 Å². The first-order valence-electron chi connectivity index (χ1n) is 9.98. The summed E-state index contributed by atoms with van der Waals surface area (Å²) < 4.78 is 5.30. The number of ether oxygens (including phenoxy) is 1. The fraction of sp³-hybridized carbons (Fsp3) is 0.200. The molecule has 0 atom stereocenters. The third kappa shape index (κ3) is 4.69. The number of carbonyl (C=O) groups is 1. The molecule has 0 fully saturated rings. The van der Waals surface area contributed by atoms with Crippen LogP contribution in [0.1, 0.15) is 37.7 Å². The van der Waals surface area contributed by atoms with Crippen molar-refractivity contribution >= 4 is 39.9 Å². The number of nitrogens with zero attached hydrogens (tertiary/aromatic N) is 1. The maximum absolute atomic E-state index is 11.9. The summed E-state index contributed by atoms with van der Waals surface area (Å²) in [6.07, 6.45) is 5.53. The fourth-order valence-electron chi connectivity index (χ4n) is 3.31. The van der Waals surface area contributed by atoms with Crippen LogP contribution in [0.3, 0.4) is 0 Å². The minimum Gasteiger partial charge on any atom is -0.444 e. The van der Waals surface area contributed by atoms with Crippen molar-refractivity contribution in [3.63, 3.8) is 0 Å². The van der Waals surface area contributed by atoms with Crippen molar-refractivity contribution in [1.29, 1.82) is 0 Å². The van der Waals surface area contributed by atoms with E-state index in [2.05, 4.69) is 51.7 Å². The minimum absolute atomic E-state index is 0.372. The lowest BCUT2D eigenvalue weighted by Gasteiger charge is -2.19. The Kier molecular flexibility index (Phi) is 5.27. The van der Waals surface area contributed by atoms with Gasteiger partial charge in [0.15, 0.2) is 0 Å². The molecule has 4 rings (SSSR count). The van der Waals surface area contributed by atoms with Gasteiger partial charge in [0.2, 0.25) is 0 Å². The van der Waals surface area contributed by atoms with Crippen molar-refractivity contribution in [3.8, 4) is 0 Å². The Morgan fingerprint density at radius 1 is 1.07 bits per heavy atom. The number of rotatable bonds is 4. The molecule has 0 aliphatic carbocycles. The van der Waals surface area contributed by atoms with Gasteiger partial charge in [-0.05, 0) is 44.5 Å². The first-order valence-corrected chi connectivity index (χ1v) is 9.98. The van der Waals surface area contributed by atoms with Crippen LogP contribution >= 0.6 is 0 Å². The Bertz CT molecular complexity index is 1220. The van der Waals surface area contributed by atoms with Crippen molar-refractivity contribution in [1.82, 2.24) is 15.3 Å². The van der Waals surface area contributed by atoms with Crippen molar-refractivity contribution in [2.45, 2.75) is 32.9 Å². The van der Waals surface area contributed by atoms with E-state index in [1.807, 2.05) is 57.3 Å². The molecule has 30 heavy (non-hydrogen) atoms. The summed E-state index contributed by atoms with van der Waals surface area (Å²) in [6, 6.07) is 18.4. The Morgan fingerprint density at radius 2 is 1.83 bits per heavy atom. The number of nitrogens with one attached hydrogen (secondary N) is 2. The maximum atomic E-state index is 11.9. The second-order valence-electron chi connectivity index (χ2n) is 8.25. The highest BCUT2D eigenvalue weighted by molar-refractivity contribution is 6.06. The highest BCUT2D eigenvalue weighted by atomic mass is 16.6. The minimum atomic E-state index is -0.516. The van der Waals surface area contributed by atoms with Crippen LogP contribution in [0.15, 0.2) is 60.8 Å². The van der Waals surface area contributed by atoms with E-state index < -0.39 is 11.7 Å². The normalized spacial score (nSPS) is 12.0. The van der Waals surface area contributed by atoms with Gasteiger partial charge in [0, 0.05) is 28.0 Å². The molecule has 2 heterocycles. The molecule has 0 unspecified atom stereocenters. The van der Waals surface area contributed by atoms with Gasteiger partial charge >= 0.3 is 6.09 Å². The largest absolute Gasteiger partial charge is 0.444 e. The molecule has 0 spiro atoms. The van der Waals surface area contributed by atoms with Crippen LogP contribution < -0.4 is 5.32 Å². The van der Waals surface area contributed by atoms with Crippen LogP contribution in [0.5, 0.6) is 0 Å². The van der Waals surface area contributed by atoms with E-state index in [9.17, 15) is 4.79 Å². The molecule has 0 aliphatic rings. The van der Waals surface area contributed by atoms with Crippen molar-refractivity contribution < 1.29 is 9.53 Å². The van der Waals surface area contributed by atoms with E-state index >= 15 is 0 Å². The molecule has 5 nitrogen and oxygen atoms in total. The second-order valence-corrected chi connectivity index (χ2v) is 8.25. The lowest BCUT2D eigenvalue weighted by atomic mass is 10.1. The molecule has 0 aliphatic heterocycles. The quantitative estimate of drug-likeness (QED) is 0.448. The zero-order chi connectivity index (χ0) is 21.1. The summed E-state index contributed by atoms with van der Waals surface area (Å²) in [5.74, 6) is 0. The summed E-state index contributed by atoms with van der Waals surface area (Å²) in [7, 11) is 0. The van der Waals surface area contributed by atoms with Gasteiger partial charge in [-0.15, -0.1) is 0 Å². The molecule has 0 bridgehead atoms. The van der Waals surface area contributed by atoms with E-state index in [1.165, 1.54) is 0 Å². The molecule has 2 aromatic carbocycles. The van der Waals surface area contributed by atoms with Crippen LogP contribution in [0.4, 0.5) is 4.79 Å². The number of H-pyrrole nitrogens is 1. The maximum Gasteiger partial charge on any atom is 0.407 e. The third-order valence-electron chi connectivity index (χ3n) is 4.64. The topological polar surface area (TPSA) is 67.0 Å². The van der Waals surface area contributed by atoms with Gasteiger partial charge in [-0.25, -0.2) is 4.79 Å². The standard InChI is InChI=1S/C25H25N3O2/c1-25(2,3)30-24(29)27-16-21-13-18-10-11-19-15-26-20(14-22(19)23(18)28-21)12-9-17-7-5-4-6-8-17/h4-15,28H,16H2,1-3H3,(H,27,29)/b12-9+. The van der Waals surface area contributed by atoms with E-state index in [1.54, 1.807) is 0 Å². The van der Waals surface area contributed by atoms with Crippen LogP contribution in [0, 0.1) is 0 Å². The zero-order valence-electron chi connectivity index (χ0n) is 17.4. The van der Waals surface area contributed by atoms with E-state index in [-0.39, 0.29) is 0 Å². The summed E-state index contributed by atoms with van der Waals surface area (Å²) >= 11 is 0. The number of aromatic amines is 1. The highest BCUT2D eigenvalue weighted by Gasteiger charge is 2.16. The van der Waals surface area contributed by atoms with Crippen LogP contribution in [0.25, 0.3) is 33.8 Å². The van der Waals surface area contributed by atoms with E-state index in [0.29, 0.717) is 6.54 Å². The molecule has 0 radical (unpaired) electrons. The fourth-order valence-corrected chi connectivity index (χ4v) is 3.31. The molecular formula is C25H25N3O2. The molecule has 152 valence electrons. The Morgan fingerprint density at radius 3 is 2.60 bits per heavy atom. The monoisotopic (exact) mass is 399 g/mol. The first kappa shape index (κ1) is 19.7. The number of benzene rings is 2. The number of alkyl carbamates (subject to hydrolysis) is 1. The van der Waals surface area contributed by atoms with Crippen LogP contribution in [-0.2, 0) is 11.3 Å². The molecule has 1 amide bonds. The number of hydrogen-bond acceptors (Lipinski definition) is 3. The van der Waals surface area contributed by atoms with Crippen LogP contribution in [-0.4, -0.2) is 21.7 Å². The summed E-state index contributed by atoms with van der Waals surface area (Å²) in [6.45, 7) is 5.91. The van der Waals surface area contributed by atoms with E-state index in [4.69, 9.17) is 4.74 Å². The number of fused-ring (bicyclic) bond motifs is 3.